The number of carboxylic acids is 1. The van der Waals surface area contributed by atoms with Crippen LogP contribution in [0.15, 0.2) is 24.3 Å². The molecule has 1 aromatic carbocycles. The van der Waals surface area contributed by atoms with Crippen LogP contribution in [0.2, 0.25) is 5.02 Å². The second-order valence-electron chi connectivity index (χ2n) is 5.99. The van der Waals surface area contributed by atoms with Crippen molar-refractivity contribution in [2.75, 3.05) is 13.2 Å². The van der Waals surface area contributed by atoms with Crippen molar-refractivity contribution in [1.82, 2.24) is 5.32 Å². The van der Waals surface area contributed by atoms with Gasteiger partial charge in [0.25, 0.3) is 0 Å². The van der Waals surface area contributed by atoms with Crippen molar-refractivity contribution in [3.63, 3.8) is 0 Å². The summed E-state index contributed by atoms with van der Waals surface area (Å²) in [6.07, 6.45) is 1.35. The fourth-order valence-corrected chi connectivity index (χ4v) is 3.23. The average Bonchev–Trinajstić information content (AvgIpc) is 3.28. The van der Waals surface area contributed by atoms with Gasteiger partial charge in [-0.15, -0.1) is 0 Å². The first-order valence-corrected chi connectivity index (χ1v) is 7.78. The Morgan fingerprint density at radius 3 is 2.68 bits per heavy atom. The van der Waals surface area contributed by atoms with E-state index in [0.29, 0.717) is 31.1 Å². The molecular weight excluding hydrogens is 306 g/mol. The molecule has 2 fully saturated rings. The van der Waals surface area contributed by atoms with Crippen molar-refractivity contribution in [2.45, 2.75) is 30.7 Å². The minimum Gasteiger partial charge on any atom is -0.480 e. The van der Waals surface area contributed by atoms with Crippen LogP contribution in [0.1, 0.15) is 30.7 Å². The fourth-order valence-electron chi connectivity index (χ4n) is 3.03. The van der Waals surface area contributed by atoms with Gasteiger partial charge < -0.3 is 15.2 Å². The molecule has 0 spiro atoms. The number of aliphatic carboxylic acids is 1. The monoisotopic (exact) mass is 323 g/mol. The summed E-state index contributed by atoms with van der Waals surface area (Å²) in [7, 11) is 0. The molecule has 118 valence electrons. The number of rotatable bonds is 4. The molecule has 1 aromatic rings. The molecule has 0 radical (unpaired) electrons. The number of hydrogen-bond donors (Lipinski definition) is 2. The summed E-state index contributed by atoms with van der Waals surface area (Å²) in [5, 5.41) is 12.9. The minimum atomic E-state index is -1.18. The first-order valence-electron chi connectivity index (χ1n) is 7.40. The Hall–Kier alpha value is -1.59. The zero-order chi connectivity index (χ0) is 15.7. The van der Waals surface area contributed by atoms with Crippen molar-refractivity contribution in [2.24, 2.45) is 5.92 Å². The van der Waals surface area contributed by atoms with Gasteiger partial charge in [0.1, 0.15) is 5.54 Å². The molecule has 2 atom stereocenters. The fraction of sp³-hybridized carbons (Fsp3) is 0.500. The van der Waals surface area contributed by atoms with E-state index >= 15 is 0 Å². The molecule has 2 unspecified atom stereocenters. The maximum Gasteiger partial charge on any atom is 0.329 e. The van der Waals surface area contributed by atoms with Crippen LogP contribution in [0.3, 0.4) is 0 Å². The van der Waals surface area contributed by atoms with Gasteiger partial charge in [-0.25, -0.2) is 4.79 Å². The SMILES string of the molecule is O=C(NC1(C(=O)O)CCOCC1)C1CC1c1cccc(Cl)c1. The lowest BCUT2D eigenvalue weighted by atomic mass is 9.89. The number of carboxylic acid groups (broad SMARTS) is 1. The molecule has 3 rings (SSSR count). The lowest BCUT2D eigenvalue weighted by Gasteiger charge is -2.34. The van der Waals surface area contributed by atoms with Gasteiger partial charge in [-0.05, 0) is 30.0 Å². The Morgan fingerprint density at radius 1 is 1.32 bits per heavy atom. The first-order chi connectivity index (χ1) is 10.5. The van der Waals surface area contributed by atoms with E-state index in [2.05, 4.69) is 5.32 Å². The van der Waals surface area contributed by atoms with Gasteiger partial charge in [0.15, 0.2) is 0 Å². The summed E-state index contributed by atoms with van der Waals surface area (Å²) in [4.78, 5) is 24.0. The van der Waals surface area contributed by atoms with Gasteiger partial charge in [0.05, 0.1) is 0 Å². The maximum absolute atomic E-state index is 12.4. The third-order valence-electron chi connectivity index (χ3n) is 4.52. The number of nitrogens with one attached hydrogen (secondary N) is 1. The Bertz CT molecular complexity index is 598. The van der Waals surface area contributed by atoms with Crippen LogP contribution in [-0.4, -0.2) is 35.7 Å². The second-order valence-corrected chi connectivity index (χ2v) is 6.43. The number of halogens is 1. The third kappa shape index (κ3) is 2.96. The van der Waals surface area contributed by atoms with Crippen molar-refractivity contribution < 1.29 is 19.4 Å². The van der Waals surface area contributed by atoms with Crippen LogP contribution >= 0.6 is 11.6 Å². The van der Waals surface area contributed by atoms with Crippen LogP contribution < -0.4 is 5.32 Å². The van der Waals surface area contributed by atoms with Crippen LogP contribution in [-0.2, 0) is 14.3 Å². The molecule has 5 nitrogen and oxygen atoms in total. The van der Waals surface area contributed by atoms with E-state index in [9.17, 15) is 14.7 Å². The summed E-state index contributed by atoms with van der Waals surface area (Å²) in [6, 6.07) is 7.47. The van der Waals surface area contributed by atoms with Gasteiger partial charge in [0, 0.05) is 37.0 Å². The van der Waals surface area contributed by atoms with E-state index in [0.717, 1.165) is 12.0 Å². The lowest BCUT2D eigenvalue weighted by Crippen LogP contribution is -2.57. The lowest BCUT2D eigenvalue weighted by molar-refractivity contribution is -0.152. The van der Waals surface area contributed by atoms with Gasteiger partial charge in [-0.1, -0.05) is 23.7 Å². The molecule has 1 saturated heterocycles. The topological polar surface area (TPSA) is 75.6 Å². The third-order valence-corrected chi connectivity index (χ3v) is 4.76. The standard InChI is InChI=1S/C16H18ClNO4/c17-11-3-1-2-10(8-11)12-9-13(12)14(19)18-16(15(20)21)4-6-22-7-5-16/h1-3,8,12-13H,4-7,9H2,(H,18,19)(H,20,21). The van der Waals surface area contributed by atoms with Crippen LogP contribution in [0.4, 0.5) is 0 Å². The number of amides is 1. The van der Waals surface area contributed by atoms with Crippen molar-refractivity contribution >= 4 is 23.5 Å². The van der Waals surface area contributed by atoms with Crippen LogP contribution in [0.5, 0.6) is 0 Å². The quantitative estimate of drug-likeness (QED) is 0.890. The van der Waals surface area contributed by atoms with E-state index < -0.39 is 11.5 Å². The second kappa shape index (κ2) is 5.89. The molecule has 6 heteroatoms. The molecule has 1 heterocycles. The summed E-state index contributed by atoms with van der Waals surface area (Å²) >= 11 is 5.97. The average molecular weight is 324 g/mol. The van der Waals surface area contributed by atoms with E-state index in [1.807, 2.05) is 18.2 Å². The van der Waals surface area contributed by atoms with Gasteiger partial charge >= 0.3 is 5.97 Å². The Morgan fingerprint density at radius 2 is 2.05 bits per heavy atom. The molecule has 1 aliphatic carbocycles. The molecule has 2 aliphatic rings. The molecular formula is C16H18ClNO4. The highest BCUT2D eigenvalue weighted by Gasteiger charge is 2.49. The van der Waals surface area contributed by atoms with E-state index in [1.165, 1.54) is 0 Å². The van der Waals surface area contributed by atoms with Gasteiger partial charge in [-0.3, -0.25) is 4.79 Å². The number of carbonyl (C=O) groups is 2. The molecule has 1 amide bonds. The number of benzene rings is 1. The Labute approximate surface area is 133 Å². The minimum absolute atomic E-state index is 0.129. The smallest absolute Gasteiger partial charge is 0.329 e. The molecule has 0 bridgehead atoms. The maximum atomic E-state index is 12.4. The number of hydrogen-bond acceptors (Lipinski definition) is 3. The predicted molar refractivity (Wildman–Crippen MR) is 80.9 cm³/mol. The summed E-state index contributed by atoms with van der Waals surface area (Å²) in [5.74, 6) is -1.21. The molecule has 1 saturated carbocycles. The molecule has 1 aliphatic heterocycles. The predicted octanol–water partition coefficient (Wildman–Crippen LogP) is 2.19. The zero-order valence-corrected chi connectivity index (χ0v) is 12.8. The first kappa shape index (κ1) is 15.3. The normalized spacial score (nSPS) is 26.2. The largest absolute Gasteiger partial charge is 0.480 e. The summed E-state index contributed by atoms with van der Waals surface area (Å²) < 4.78 is 5.21. The van der Waals surface area contributed by atoms with E-state index in [-0.39, 0.29) is 17.7 Å². The van der Waals surface area contributed by atoms with Crippen LogP contribution in [0, 0.1) is 5.92 Å². The van der Waals surface area contributed by atoms with Crippen LogP contribution in [0.25, 0.3) is 0 Å². The van der Waals surface area contributed by atoms with Crippen molar-refractivity contribution in [3.05, 3.63) is 34.9 Å². The van der Waals surface area contributed by atoms with E-state index in [4.69, 9.17) is 16.3 Å². The molecule has 22 heavy (non-hydrogen) atoms. The van der Waals surface area contributed by atoms with Gasteiger partial charge in [0.2, 0.25) is 5.91 Å². The highest BCUT2D eigenvalue weighted by atomic mass is 35.5. The molecule has 0 aromatic heterocycles. The number of ether oxygens (including phenoxy) is 1. The van der Waals surface area contributed by atoms with Gasteiger partial charge in [-0.2, -0.15) is 0 Å². The Kier molecular flexibility index (Phi) is 4.10. The zero-order valence-electron chi connectivity index (χ0n) is 12.0. The highest BCUT2D eigenvalue weighted by molar-refractivity contribution is 6.30. The summed E-state index contributed by atoms with van der Waals surface area (Å²) in [6.45, 7) is 0.712. The van der Waals surface area contributed by atoms with Crippen molar-refractivity contribution in [1.29, 1.82) is 0 Å². The van der Waals surface area contributed by atoms with Crippen molar-refractivity contribution in [3.8, 4) is 0 Å². The summed E-state index contributed by atoms with van der Waals surface area (Å²) in [5.41, 5.74) is -0.152. The Balaban J connectivity index is 1.67. The van der Waals surface area contributed by atoms with E-state index in [1.54, 1.807) is 6.07 Å². The number of carbonyl (C=O) groups excluding carboxylic acids is 1. The highest BCUT2D eigenvalue weighted by Crippen LogP contribution is 2.48. The molecule has 2 N–H and O–H groups in total.